The molecule has 0 saturated carbocycles. The van der Waals surface area contributed by atoms with Crippen LogP contribution in [-0.4, -0.2) is 46.0 Å². The van der Waals surface area contributed by atoms with Crippen molar-refractivity contribution in [1.82, 2.24) is 14.8 Å². The van der Waals surface area contributed by atoms with E-state index in [1.807, 2.05) is 41.3 Å². The number of nitrogens with zero attached hydrogens (tertiary/aromatic N) is 3. The van der Waals surface area contributed by atoms with Crippen molar-refractivity contribution in [3.05, 3.63) is 54.1 Å². The molecule has 2 saturated heterocycles. The monoisotopic (exact) mass is 394 g/mol. The van der Waals surface area contributed by atoms with E-state index in [0.29, 0.717) is 5.19 Å². The molecule has 0 aliphatic carbocycles. The van der Waals surface area contributed by atoms with Crippen LogP contribution >= 0.6 is 11.3 Å². The highest BCUT2D eigenvalue weighted by atomic mass is 32.1. The van der Waals surface area contributed by atoms with Crippen LogP contribution in [0.25, 0.3) is 10.2 Å². The minimum absolute atomic E-state index is 0.262. The molecule has 3 aromatic rings. The molecule has 5 rings (SSSR count). The minimum Gasteiger partial charge on any atom is -0.431 e. The van der Waals surface area contributed by atoms with E-state index in [4.69, 9.17) is 10.5 Å². The molecule has 2 N–H and O–H groups in total. The summed E-state index contributed by atoms with van der Waals surface area (Å²) >= 11 is 1.55. The molecule has 28 heavy (non-hydrogen) atoms. The second-order valence-corrected chi connectivity index (χ2v) is 8.51. The third kappa shape index (κ3) is 3.31. The summed E-state index contributed by atoms with van der Waals surface area (Å²) in [5, 5.41) is 0.660. The number of benzene rings is 2. The summed E-state index contributed by atoms with van der Waals surface area (Å²) in [7, 11) is 0. The van der Waals surface area contributed by atoms with Crippen molar-refractivity contribution in [2.45, 2.75) is 31.5 Å². The van der Waals surface area contributed by atoms with Crippen molar-refractivity contribution in [3.8, 4) is 10.9 Å². The maximum atomic E-state index is 11.6. The summed E-state index contributed by atoms with van der Waals surface area (Å²) < 4.78 is 7.05. The molecule has 0 unspecified atom stereocenters. The minimum atomic E-state index is -0.275. The fraction of sp³-hybridized carbons (Fsp3) is 0.333. The van der Waals surface area contributed by atoms with Gasteiger partial charge in [0.15, 0.2) is 0 Å². The number of para-hydroxylation sites is 1. The number of likely N-dealkylation sites (tertiary alicyclic amines) is 1. The lowest BCUT2D eigenvalue weighted by molar-refractivity contribution is 0.0883. The third-order valence-electron chi connectivity index (χ3n) is 5.62. The van der Waals surface area contributed by atoms with Gasteiger partial charge in [0.2, 0.25) is 0 Å². The Morgan fingerprint density at radius 2 is 1.82 bits per heavy atom. The van der Waals surface area contributed by atoms with Crippen LogP contribution in [0.3, 0.4) is 0 Å². The van der Waals surface area contributed by atoms with Gasteiger partial charge in [-0.1, -0.05) is 35.6 Å². The number of carbonyl (C=O) groups is 1. The molecule has 2 bridgehead atoms. The molecule has 2 amide bonds. The number of hydrogen-bond acceptors (Lipinski definition) is 5. The molecule has 0 radical (unpaired) electrons. The highest BCUT2D eigenvalue weighted by Crippen LogP contribution is 2.32. The highest BCUT2D eigenvalue weighted by Gasteiger charge is 2.41. The SMILES string of the molecule is NC(=O)N1[C@@H]2CC[C@H]1CN(Cc1ccc(Oc3nc4ccccc4s3)cc1)C2. The van der Waals surface area contributed by atoms with Gasteiger partial charge >= 0.3 is 6.03 Å². The number of urea groups is 1. The predicted molar refractivity (Wildman–Crippen MR) is 110 cm³/mol. The van der Waals surface area contributed by atoms with Crippen LogP contribution in [0.5, 0.6) is 10.9 Å². The lowest BCUT2D eigenvalue weighted by atomic mass is 10.1. The Bertz CT molecular complexity index is 956. The van der Waals surface area contributed by atoms with E-state index in [1.54, 1.807) is 11.3 Å². The molecule has 1 aromatic heterocycles. The molecule has 144 valence electrons. The molecule has 2 aliphatic rings. The van der Waals surface area contributed by atoms with Gasteiger partial charge in [-0.25, -0.2) is 9.78 Å². The Labute approximate surface area is 167 Å². The molecular formula is C21H22N4O2S. The van der Waals surface area contributed by atoms with E-state index in [2.05, 4.69) is 22.0 Å². The average Bonchev–Trinajstić information content (AvgIpc) is 3.21. The van der Waals surface area contributed by atoms with E-state index in [9.17, 15) is 4.79 Å². The molecule has 2 atom stereocenters. The second-order valence-electron chi connectivity index (χ2n) is 7.52. The fourth-order valence-electron chi connectivity index (χ4n) is 4.40. The van der Waals surface area contributed by atoms with Crippen LogP contribution in [0.2, 0.25) is 0 Å². The van der Waals surface area contributed by atoms with Gasteiger partial charge in [-0.05, 0) is 42.7 Å². The number of primary amides is 1. The van der Waals surface area contributed by atoms with E-state index < -0.39 is 0 Å². The van der Waals surface area contributed by atoms with Crippen LogP contribution < -0.4 is 10.5 Å². The van der Waals surface area contributed by atoms with Crippen molar-refractivity contribution in [2.24, 2.45) is 5.73 Å². The van der Waals surface area contributed by atoms with Gasteiger partial charge in [-0.2, -0.15) is 0 Å². The van der Waals surface area contributed by atoms with Gasteiger partial charge in [-0.15, -0.1) is 0 Å². The van der Waals surface area contributed by atoms with Gasteiger partial charge in [-0.3, -0.25) is 4.90 Å². The van der Waals surface area contributed by atoms with Crippen LogP contribution in [-0.2, 0) is 6.54 Å². The number of thiazole rings is 1. The molecule has 0 spiro atoms. The van der Waals surface area contributed by atoms with Gasteiger partial charge < -0.3 is 15.4 Å². The first kappa shape index (κ1) is 17.5. The normalized spacial score (nSPS) is 21.9. The zero-order valence-corrected chi connectivity index (χ0v) is 16.3. The number of ether oxygens (including phenoxy) is 1. The molecule has 6 nitrogen and oxygen atoms in total. The predicted octanol–water partition coefficient (Wildman–Crippen LogP) is 3.82. The standard InChI is InChI=1S/C21H22N4O2S/c22-20(26)25-15-7-8-16(25)13-24(12-15)11-14-5-9-17(10-6-14)27-21-23-18-3-1-2-4-19(18)28-21/h1-6,9-10,15-16H,7-8,11-13H2,(H2,22,26)/t15-,16+. The summed E-state index contributed by atoms with van der Waals surface area (Å²) in [5.74, 6) is 0.793. The highest BCUT2D eigenvalue weighted by molar-refractivity contribution is 7.20. The first-order chi connectivity index (χ1) is 13.7. The molecule has 7 heteroatoms. The summed E-state index contributed by atoms with van der Waals surface area (Å²) in [6.07, 6.45) is 2.11. The number of piperazine rings is 1. The summed E-state index contributed by atoms with van der Waals surface area (Å²) in [4.78, 5) is 20.5. The third-order valence-corrected chi connectivity index (χ3v) is 6.54. The number of carbonyl (C=O) groups excluding carboxylic acids is 1. The Morgan fingerprint density at radius 3 is 2.50 bits per heavy atom. The van der Waals surface area contributed by atoms with Crippen LogP contribution in [0.4, 0.5) is 4.79 Å². The van der Waals surface area contributed by atoms with Crippen molar-refractivity contribution in [1.29, 1.82) is 0 Å². The molecule has 2 fully saturated rings. The first-order valence-electron chi connectivity index (χ1n) is 9.58. The maximum Gasteiger partial charge on any atom is 0.315 e. The van der Waals surface area contributed by atoms with E-state index in [1.165, 1.54) is 5.56 Å². The van der Waals surface area contributed by atoms with E-state index in [-0.39, 0.29) is 18.1 Å². The molecular weight excluding hydrogens is 372 g/mol. The van der Waals surface area contributed by atoms with Crippen molar-refractivity contribution in [2.75, 3.05) is 13.1 Å². The van der Waals surface area contributed by atoms with Crippen molar-refractivity contribution < 1.29 is 9.53 Å². The van der Waals surface area contributed by atoms with E-state index in [0.717, 1.165) is 48.4 Å². The number of fused-ring (bicyclic) bond motifs is 3. The van der Waals surface area contributed by atoms with Crippen LogP contribution in [0.15, 0.2) is 48.5 Å². The number of aromatic nitrogens is 1. The van der Waals surface area contributed by atoms with Gasteiger partial charge in [0, 0.05) is 31.7 Å². The largest absolute Gasteiger partial charge is 0.431 e. The van der Waals surface area contributed by atoms with Crippen molar-refractivity contribution in [3.63, 3.8) is 0 Å². The van der Waals surface area contributed by atoms with Crippen LogP contribution in [0.1, 0.15) is 18.4 Å². The Morgan fingerprint density at radius 1 is 1.11 bits per heavy atom. The molecule has 3 heterocycles. The van der Waals surface area contributed by atoms with Gasteiger partial charge in [0.1, 0.15) is 5.75 Å². The summed E-state index contributed by atoms with van der Waals surface area (Å²) in [6, 6.07) is 16.5. The Hall–Kier alpha value is -2.64. The second kappa shape index (κ2) is 7.07. The smallest absolute Gasteiger partial charge is 0.315 e. The molecule has 2 aliphatic heterocycles. The topological polar surface area (TPSA) is 71.7 Å². The maximum absolute atomic E-state index is 11.6. The van der Waals surface area contributed by atoms with Crippen molar-refractivity contribution >= 4 is 27.6 Å². The number of nitrogens with two attached hydrogens (primary N) is 1. The summed E-state index contributed by atoms with van der Waals surface area (Å²) in [5.41, 5.74) is 7.74. The Kier molecular flexibility index (Phi) is 4.41. The lowest BCUT2D eigenvalue weighted by Gasteiger charge is -2.40. The Balaban J connectivity index is 1.23. The first-order valence-corrected chi connectivity index (χ1v) is 10.4. The van der Waals surface area contributed by atoms with Crippen LogP contribution in [0, 0.1) is 0 Å². The number of amides is 2. The van der Waals surface area contributed by atoms with Gasteiger partial charge in [0.05, 0.1) is 10.2 Å². The number of hydrogen-bond donors (Lipinski definition) is 1. The number of rotatable bonds is 4. The summed E-state index contributed by atoms with van der Waals surface area (Å²) in [6.45, 7) is 2.66. The van der Waals surface area contributed by atoms with E-state index >= 15 is 0 Å². The fourth-order valence-corrected chi connectivity index (χ4v) is 5.23. The lowest BCUT2D eigenvalue weighted by Crippen LogP contribution is -2.56. The average molecular weight is 395 g/mol. The zero-order valence-electron chi connectivity index (χ0n) is 15.5. The zero-order chi connectivity index (χ0) is 19.1. The van der Waals surface area contributed by atoms with Gasteiger partial charge in [0.25, 0.3) is 5.19 Å². The molecule has 2 aromatic carbocycles. The quantitative estimate of drug-likeness (QED) is 0.730.